The fourth-order valence-electron chi connectivity index (χ4n) is 2.46. The molecule has 3 aromatic rings. The number of amides is 1. The van der Waals surface area contributed by atoms with Crippen molar-refractivity contribution >= 4 is 22.2 Å². The number of aromatic nitrogens is 4. The van der Waals surface area contributed by atoms with Crippen molar-refractivity contribution in [1.82, 2.24) is 24.4 Å². The largest absolute Gasteiger partial charge is 0.339 e. The van der Waals surface area contributed by atoms with Gasteiger partial charge in [-0.3, -0.25) is 9.20 Å². The van der Waals surface area contributed by atoms with Crippen molar-refractivity contribution < 1.29 is 9.32 Å². The standard InChI is InChI=1S/C16H21N5O2S/c1-4-20(10-13-18-14(23-19-13)7-11(2)3)15(22)8-12-9-21-5-6-24-16(21)17-12/h5-6,9,11H,4,7-8,10H2,1-3H3. The van der Waals surface area contributed by atoms with Gasteiger partial charge in [0, 0.05) is 30.7 Å². The van der Waals surface area contributed by atoms with Crippen molar-refractivity contribution in [2.45, 2.75) is 40.2 Å². The van der Waals surface area contributed by atoms with E-state index in [-0.39, 0.29) is 12.3 Å². The normalized spacial score (nSPS) is 11.5. The van der Waals surface area contributed by atoms with E-state index >= 15 is 0 Å². The molecule has 0 saturated heterocycles. The number of likely N-dealkylation sites (N-methyl/N-ethyl adjacent to an activating group) is 1. The molecule has 0 saturated carbocycles. The first-order chi connectivity index (χ1) is 11.5. The monoisotopic (exact) mass is 347 g/mol. The molecule has 0 atom stereocenters. The molecule has 0 fully saturated rings. The molecule has 0 unspecified atom stereocenters. The summed E-state index contributed by atoms with van der Waals surface area (Å²) in [6.07, 6.45) is 4.86. The molecular formula is C16H21N5O2S. The summed E-state index contributed by atoms with van der Waals surface area (Å²) < 4.78 is 7.17. The summed E-state index contributed by atoms with van der Waals surface area (Å²) in [5, 5.41) is 5.94. The van der Waals surface area contributed by atoms with Crippen molar-refractivity contribution in [2.24, 2.45) is 5.92 Å². The number of carbonyl (C=O) groups excluding carboxylic acids is 1. The molecule has 3 heterocycles. The third-order valence-electron chi connectivity index (χ3n) is 3.64. The quantitative estimate of drug-likeness (QED) is 0.656. The van der Waals surface area contributed by atoms with E-state index in [4.69, 9.17) is 4.52 Å². The molecule has 0 spiro atoms. The van der Waals surface area contributed by atoms with E-state index in [1.54, 1.807) is 16.2 Å². The Labute approximate surface area is 144 Å². The number of thiazole rings is 1. The van der Waals surface area contributed by atoms with E-state index in [0.29, 0.717) is 30.7 Å². The topological polar surface area (TPSA) is 76.5 Å². The van der Waals surface area contributed by atoms with Gasteiger partial charge < -0.3 is 9.42 Å². The van der Waals surface area contributed by atoms with Crippen LogP contribution in [0.5, 0.6) is 0 Å². The average Bonchev–Trinajstić information content (AvgIpc) is 3.20. The molecule has 0 aromatic carbocycles. The number of nitrogens with zero attached hydrogens (tertiary/aromatic N) is 5. The first kappa shape index (κ1) is 16.6. The molecule has 0 bridgehead atoms. The molecule has 0 aliphatic carbocycles. The molecule has 0 aliphatic rings. The zero-order valence-electron chi connectivity index (χ0n) is 14.1. The fraction of sp³-hybridized carbons (Fsp3) is 0.500. The lowest BCUT2D eigenvalue weighted by Gasteiger charge is -2.18. The maximum absolute atomic E-state index is 12.5. The van der Waals surface area contributed by atoms with Crippen LogP contribution in [0.2, 0.25) is 0 Å². The van der Waals surface area contributed by atoms with Gasteiger partial charge in [-0.15, -0.1) is 11.3 Å². The van der Waals surface area contributed by atoms with Crippen molar-refractivity contribution in [3.63, 3.8) is 0 Å². The van der Waals surface area contributed by atoms with E-state index in [1.807, 2.05) is 29.1 Å². The molecule has 3 rings (SSSR count). The Morgan fingerprint density at radius 3 is 2.96 bits per heavy atom. The second kappa shape index (κ2) is 7.12. The Morgan fingerprint density at radius 1 is 1.42 bits per heavy atom. The molecule has 7 nitrogen and oxygen atoms in total. The first-order valence-electron chi connectivity index (χ1n) is 8.05. The Hall–Kier alpha value is -2.22. The van der Waals surface area contributed by atoms with E-state index in [0.717, 1.165) is 17.1 Å². The summed E-state index contributed by atoms with van der Waals surface area (Å²) in [6.45, 7) is 7.09. The van der Waals surface area contributed by atoms with Gasteiger partial charge in [0.1, 0.15) is 0 Å². The smallest absolute Gasteiger partial charge is 0.229 e. The van der Waals surface area contributed by atoms with Crippen LogP contribution in [-0.2, 0) is 24.2 Å². The van der Waals surface area contributed by atoms with Gasteiger partial charge in [0.25, 0.3) is 0 Å². The zero-order chi connectivity index (χ0) is 17.1. The van der Waals surface area contributed by atoms with Gasteiger partial charge in [-0.25, -0.2) is 4.98 Å². The van der Waals surface area contributed by atoms with Gasteiger partial charge in [0.15, 0.2) is 10.8 Å². The van der Waals surface area contributed by atoms with E-state index in [9.17, 15) is 4.79 Å². The molecule has 1 amide bonds. The lowest BCUT2D eigenvalue weighted by atomic mass is 10.1. The summed E-state index contributed by atoms with van der Waals surface area (Å²) in [4.78, 5) is 24.0. The van der Waals surface area contributed by atoms with Crippen LogP contribution in [0.1, 0.15) is 38.2 Å². The maximum Gasteiger partial charge on any atom is 0.229 e. The lowest BCUT2D eigenvalue weighted by molar-refractivity contribution is -0.131. The number of imidazole rings is 1. The lowest BCUT2D eigenvalue weighted by Crippen LogP contribution is -2.32. The number of carbonyl (C=O) groups is 1. The van der Waals surface area contributed by atoms with Crippen LogP contribution in [0.3, 0.4) is 0 Å². The van der Waals surface area contributed by atoms with Crippen molar-refractivity contribution in [2.75, 3.05) is 6.54 Å². The number of rotatable bonds is 7. The van der Waals surface area contributed by atoms with Gasteiger partial charge >= 0.3 is 0 Å². The Bertz CT molecular complexity index is 791. The van der Waals surface area contributed by atoms with Crippen LogP contribution in [0.25, 0.3) is 4.96 Å². The predicted octanol–water partition coefficient (Wildman–Crippen LogP) is 2.57. The molecule has 0 radical (unpaired) electrons. The third-order valence-corrected chi connectivity index (χ3v) is 4.41. The first-order valence-corrected chi connectivity index (χ1v) is 8.93. The fourth-order valence-corrected chi connectivity index (χ4v) is 3.18. The highest BCUT2D eigenvalue weighted by Gasteiger charge is 2.18. The Kier molecular flexibility index (Phi) is 4.94. The van der Waals surface area contributed by atoms with Crippen LogP contribution in [0.4, 0.5) is 0 Å². The number of hydrogen-bond acceptors (Lipinski definition) is 6. The van der Waals surface area contributed by atoms with E-state index in [1.165, 1.54) is 0 Å². The molecule has 128 valence electrons. The summed E-state index contributed by atoms with van der Waals surface area (Å²) in [6, 6.07) is 0. The highest BCUT2D eigenvalue weighted by Crippen LogP contribution is 2.13. The zero-order valence-corrected chi connectivity index (χ0v) is 14.9. The molecule has 8 heteroatoms. The van der Waals surface area contributed by atoms with E-state index in [2.05, 4.69) is 29.0 Å². The molecule has 0 aliphatic heterocycles. The van der Waals surface area contributed by atoms with Crippen LogP contribution >= 0.6 is 11.3 Å². The summed E-state index contributed by atoms with van der Waals surface area (Å²) in [5.41, 5.74) is 0.777. The summed E-state index contributed by atoms with van der Waals surface area (Å²) in [5.74, 6) is 1.64. The van der Waals surface area contributed by atoms with Crippen molar-refractivity contribution in [3.05, 3.63) is 35.2 Å². The van der Waals surface area contributed by atoms with Gasteiger partial charge in [-0.1, -0.05) is 19.0 Å². The van der Waals surface area contributed by atoms with E-state index < -0.39 is 0 Å². The Morgan fingerprint density at radius 2 is 2.25 bits per heavy atom. The SMILES string of the molecule is CCN(Cc1noc(CC(C)C)n1)C(=O)Cc1cn2ccsc2n1. The minimum atomic E-state index is 0.0125. The highest BCUT2D eigenvalue weighted by molar-refractivity contribution is 7.15. The van der Waals surface area contributed by atoms with Gasteiger partial charge in [-0.2, -0.15) is 4.98 Å². The second-order valence-corrected chi connectivity index (χ2v) is 6.99. The minimum absolute atomic E-state index is 0.0125. The molecule has 3 aromatic heterocycles. The molecular weight excluding hydrogens is 326 g/mol. The van der Waals surface area contributed by atoms with Crippen LogP contribution < -0.4 is 0 Å². The van der Waals surface area contributed by atoms with Gasteiger partial charge in [-0.05, 0) is 12.8 Å². The minimum Gasteiger partial charge on any atom is -0.339 e. The van der Waals surface area contributed by atoms with Crippen LogP contribution in [-0.4, -0.2) is 36.9 Å². The second-order valence-electron chi connectivity index (χ2n) is 6.11. The van der Waals surface area contributed by atoms with Crippen molar-refractivity contribution in [3.8, 4) is 0 Å². The highest BCUT2D eigenvalue weighted by atomic mass is 32.1. The summed E-state index contributed by atoms with van der Waals surface area (Å²) >= 11 is 1.55. The number of fused-ring (bicyclic) bond motifs is 1. The number of hydrogen-bond donors (Lipinski definition) is 0. The van der Waals surface area contributed by atoms with Gasteiger partial charge in [0.05, 0.1) is 18.7 Å². The molecule has 0 N–H and O–H groups in total. The molecule has 24 heavy (non-hydrogen) atoms. The summed E-state index contributed by atoms with van der Waals surface area (Å²) in [7, 11) is 0. The van der Waals surface area contributed by atoms with Gasteiger partial charge in [0.2, 0.25) is 11.8 Å². The predicted molar refractivity (Wildman–Crippen MR) is 90.7 cm³/mol. The van der Waals surface area contributed by atoms with Crippen molar-refractivity contribution in [1.29, 1.82) is 0 Å². The maximum atomic E-state index is 12.5. The third kappa shape index (κ3) is 3.81. The van der Waals surface area contributed by atoms with Crippen LogP contribution in [0.15, 0.2) is 22.3 Å². The Balaban J connectivity index is 1.63. The van der Waals surface area contributed by atoms with Crippen LogP contribution in [0, 0.1) is 5.92 Å². The average molecular weight is 347 g/mol.